The smallest absolute Gasteiger partial charge is 0.332 e. The van der Waals surface area contributed by atoms with Crippen molar-refractivity contribution in [2.24, 2.45) is 0 Å². The number of oxazole rings is 1. The van der Waals surface area contributed by atoms with Crippen LogP contribution in [0.4, 0.5) is 0 Å². The predicted molar refractivity (Wildman–Crippen MR) is 109 cm³/mol. The second kappa shape index (κ2) is 9.39. The first-order valence-corrected chi connectivity index (χ1v) is 9.59. The molecule has 0 aliphatic heterocycles. The van der Waals surface area contributed by atoms with Crippen molar-refractivity contribution in [3.63, 3.8) is 0 Å². The summed E-state index contributed by atoms with van der Waals surface area (Å²) in [4.78, 5) is 15.4. The van der Waals surface area contributed by atoms with Gasteiger partial charge in [0.2, 0.25) is 5.89 Å². The lowest BCUT2D eigenvalue weighted by Gasteiger charge is -2.11. The summed E-state index contributed by atoms with van der Waals surface area (Å²) >= 11 is 0. The zero-order valence-electron chi connectivity index (χ0n) is 16.6. The number of hydrogen-bond acceptors (Lipinski definition) is 5. The second-order valence-corrected chi connectivity index (χ2v) is 6.99. The number of ether oxygens (including phenoxy) is 1. The van der Waals surface area contributed by atoms with Gasteiger partial charge in [-0.2, -0.15) is 0 Å². The molecule has 0 saturated carbocycles. The average molecular weight is 395 g/mol. The van der Waals surface area contributed by atoms with E-state index in [1.807, 2.05) is 50.2 Å². The van der Waals surface area contributed by atoms with Gasteiger partial charge in [-0.25, -0.2) is 9.78 Å². The van der Waals surface area contributed by atoms with Gasteiger partial charge in [0.1, 0.15) is 11.5 Å². The fraction of sp³-hybridized carbons (Fsp3) is 0.304. The van der Waals surface area contributed by atoms with E-state index in [1.165, 1.54) is 0 Å². The number of aryl methyl sites for hydroxylation is 3. The van der Waals surface area contributed by atoms with Crippen LogP contribution in [0, 0.1) is 13.8 Å². The van der Waals surface area contributed by atoms with Gasteiger partial charge in [0.05, 0.1) is 12.3 Å². The first-order valence-electron chi connectivity index (χ1n) is 9.59. The second-order valence-electron chi connectivity index (χ2n) is 6.99. The third-order valence-corrected chi connectivity index (χ3v) is 4.75. The van der Waals surface area contributed by atoms with E-state index in [0.29, 0.717) is 12.5 Å². The summed E-state index contributed by atoms with van der Waals surface area (Å²) in [7, 11) is 0. The fourth-order valence-electron chi connectivity index (χ4n) is 3.08. The highest BCUT2D eigenvalue weighted by molar-refractivity contribution is 5.72. The highest BCUT2D eigenvalue weighted by Gasteiger charge is 2.15. The van der Waals surface area contributed by atoms with Crippen LogP contribution in [-0.2, 0) is 17.6 Å². The van der Waals surface area contributed by atoms with E-state index in [9.17, 15) is 9.90 Å². The Labute approximate surface area is 169 Å². The number of benzene rings is 2. The minimum absolute atomic E-state index is 0.0800. The molecule has 0 aliphatic rings. The van der Waals surface area contributed by atoms with Crippen molar-refractivity contribution in [1.29, 1.82) is 0 Å². The Kier molecular flexibility index (Phi) is 6.67. The van der Waals surface area contributed by atoms with Crippen LogP contribution in [0.15, 0.2) is 52.9 Å². The van der Waals surface area contributed by atoms with E-state index in [0.717, 1.165) is 46.7 Å². The summed E-state index contributed by atoms with van der Waals surface area (Å²) in [6.45, 7) is 4.33. The number of aliphatic carboxylic acids is 1. The molecule has 1 heterocycles. The zero-order valence-corrected chi connectivity index (χ0v) is 16.6. The summed E-state index contributed by atoms with van der Waals surface area (Å²) in [5, 5.41) is 18.3. The number of carboxylic acid groups (broad SMARTS) is 1. The van der Waals surface area contributed by atoms with Crippen molar-refractivity contribution < 1.29 is 24.2 Å². The van der Waals surface area contributed by atoms with Crippen molar-refractivity contribution in [2.75, 3.05) is 6.61 Å². The molecular formula is C23H25NO5. The molecule has 3 aromatic rings. The molecule has 1 aromatic heterocycles. The van der Waals surface area contributed by atoms with Crippen LogP contribution >= 0.6 is 0 Å². The molecule has 2 aromatic carbocycles. The van der Waals surface area contributed by atoms with Gasteiger partial charge in [-0.05, 0) is 62.1 Å². The SMILES string of the molecule is Cc1cc(OCCCc2nc(-c3ccccc3)oc2C)ccc1CC(O)C(=O)O. The molecule has 0 amide bonds. The molecule has 3 rings (SSSR count). The number of nitrogens with zero attached hydrogens (tertiary/aromatic N) is 1. The Hall–Kier alpha value is -3.12. The summed E-state index contributed by atoms with van der Waals surface area (Å²) in [5.41, 5.74) is 3.57. The van der Waals surface area contributed by atoms with Crippen molar-refractivity contribution in [3.8, 4) is 17.2 Å². The monoisotopic (exact) mass is 395 g/mol. The molecule has 6 nitrogen and oxygen atoms in total. The van der Waals surface area contributed by atoms with Gasteiger partial charge in [-0.15, -0.1) is 0 Å². The average Bonchev–Trinajstić information content (AvgIpc) is 3.08. The van der Waals surface area contributed by atoms with Crippen LogP contribution in [0.3, 0.4) is 0 Å². The van der Waals surface area contributed by atoms with Gasteiger partial charge in [-0.1, -0.05) is 24.3 Å². The van der Waals surface area contributed by atoms with E-state index in [2.05, 4.69) is 4.98 Å². The maximum absolute atomic E-state index is 10.8. The molecule has 0 spiro atoms. The van der Waals surface area contributed by atoms with Crippen LogP contribution in [0.25, 0.3) is 11.5 Å². The number of carboxylic acids is 1. The minimum Gasteiger partial charge on any atom is -0.494 e. The Bertz CT molecular complexity index is 965. The van der Waals surface area contributed by atoms with Crippen molar-refractivity contribution in [1.82, 2.24) is 4.98 Å². The first kappa shape index (κ1) is 20.6. The van der Waals surface area contributed by atoms with Gasteiger partial charge in [0, 0.05) is 12.0 Å². The summed E-state index contributed by atoms with van der Waals surface area (Å²) in [6, 6.07) is 15.3. The van der Waals surface area contributed by atoms with E-state index < -0.39 is 12.1 Å². The molecular weight excluding hydrogens is 370 g/mol. The Morgan fingerprint density at radius 3 is 2.62 bits per heavy atom. The van der Waals surface area contributed by atoms with Crippen LogP contribution in [-0.4, -0.2) is 33.9 Å². The molecule has 152 valence electrons. The Morgan fingerprint density at radius 1 is 1.17 bits per heavy atom. The molecule has 0 radical (unpaired) electrons. The number of rotatable bonds is 9. The number of aliphatic hydroxyl groups is 1. The number of hydrogen-bond donors (Lipinski definition) is 2. The lowest BCUT2D eigenvalue weighted by atomic mass is 10.0. The van der Waals surface area contributed by atoms with Gasteiger partial charge in [0.15, 0.2) is 6.10 Å². The maximum Gasteiger partial charge on any atom is 0.332 e. The van der Waals surface area contributed by atoms with Crippen LogP contribution in [0.2, 0.25) is 0 Å². The van der Waals surface area contributed by atoms with E-state index in [-0.39, 0.29) is 6.42 Å². The summed E-state index contributed by atoms with van der Waals surface area (Å²) < 4.78 is 11.6. The van der Waals surface area contributed by atoms with Gasteiger partial charge in [-0.3, -0.25) is 0 Å². The molecule has 0 aliphatic carbocycles. The number of carbonyl (C=O) groups is 1. The summed E-state index contributed by atoms with van der Waals surface area (Å²) in [5.74, 6) is 0.955. The first-order chi connectivity index (χ1) is 13.9. The van der Waals surface area contributed by atoms with Crippen molar-refractivity contribution in [3.05, 3.63) is 71.1 Å². The molecule has 0 fully saturated rings. The normalized spacial score (nSPS) is 12.0. The van der Waals surface area contributed by atoms with Crippen molar-refractivity contribution >= 4 is 5.97 Å². The largest absolute Gasteiger partial charge is 0.494 e. The van der Waals surface area contributed by atoms with E-state index in [1.54, 1.807) is 12.1 Å². The van der Waals surface area contributed by atoms with E-state index >= 15 is 0 Å². The minimum atomic E-state index is -1.40. The van der Waals surface area contributed by atoms with E-state index in [4.69, 9.17) is 14.3 Å². The highest BCUT2D eigenvalue weighted by Crippen LogP contribution is 2.23. The molecule has 0 bridgehead atoms. The summed E-state index contributed by atoms with van der Waals surface area (Å²) in [6.07, 6.45) is 0.229. The lowest BCUT2D eigenvalue weighted by molar-refractivity contribution is -0.146. The molecule has 2 N–H and O–H groups in total. The topological polar surface area (TPSA) is 92.8 Å². The third-order valence-electron chi connectivity index (χ3n) is 4.75. The molecule has 1 atom stereocenters. The van der Waals surface area contributed by atoms with Crippen LogP contribution in [0.5, 0.6) is 5.75 Å². The molecule has 29 heavy (non-hydrogen) atoms. The standard InChI is InChI=1S/C23H25NO5/c1-15-13-19(11-10-18(15)14-21(25)23(26)27)28-12-6-9-20-16(2)29-22(24-20)17-7-4-3-5-8-17/h3-5,7-8,10-11,13,21,25H,6,9,12,14H2,1-2H3,(H,26,27). The Balaban J connectivity index is 1.51. The number of aromatic nitrogens is 1. The lowest BCUT2D eigenvalue weighted by Crippen LogP contribution is -2.22. The predicted octanol–water partition coefficient (Wildman–Crippen LogP) is 3.96. The number of aliphatic hydroxyl groups excluding tert-OH is 1. The van der Waals surface area contributed by atoms with Crippen LogP contribution in [0.1, 0.15) is 29.0 Å². The zero-order chi connectivity index (χ0) is 20.8. The van der Waals surface area contributed by atoms with Gasteiger partial charge < -0.3 is 19.4 Å². The highest BCUT2D eigenvalue weighted by atomic mass is 16.5. The molecule has 6 heteroatoms. The maximum atomic E-state index is 10.8. The molecule has 1 unspecified atom stereocenters. The van der Waals surface area contributed by atoms with Crippen LogP contribution < -0.4 is 4.74 Å². The van der Waals surface area contributed by atoms with Gasteiger partial charge in [0.25, 0.3) is 0 Å². The fourth-order valence-corrected chi connectivity index (χ4v) is 3.08. The third kappa shape index (κ3) is 5.45. The van der Waals surface area contributed by atoms with Crippen molar-refractivity contribution in [2.45, 2.75) is 39.2 Å². The molecule has 0 saturated heterocycles. The Morgan fingerprint density at radius 2 is 1.93 bits per heavy atom. The quantitative estimate of drug-likeness (QED) is 0.533. The van der Waals surface area contributed by atoms with Gasteiger partial charge >= 0.3 is 5.97 Å².